The molecule has 2 heterocycles. The van der Waals surface area contributed by atoms with Crippen LogP contribution in [0.2, 0.25) is 0 Å². The summed E-state index contributed by atoms with van der Waals surface area (Å²) in [5.74, 6) is 1.49. The molecule has 0 saturated heterocycles. The number of benzene rings is 3. The van der Waals surface area contributed by atoms with Crippen LogP contribution in [-0.4, -0.2) is 17.2 Å². The van der Waals surface area contributed by atoms with E-state index >= 15 is 0 Å². The largest absolute Gasteiger partial charge is 0.489 e. The van der Waals surface area contributed by atoms with Gasteiger partial charge in [0.2, 0.25) is 0 Å². The zero-order valence-electron chi connectivity index (χ0n) is 16.8. The second-order valence-corrected chi connectivity index (χ2v) is 7.18. The lowest BCUT2D eigenvalue weighted by Crippen LogP contribution is -2.03. The van der Waals surface area contributed by atoms with Crippen LogP contribution >= 0.6 is 0 Å². The van der Waals surface area contributed by atoms with Crippen molar-refractivity contribution in [2.24, 2.45) is 15.4 Å². The van der Waals surface area contributed by atoms with Crippen LogP contribution in [0.5, 0.6) is 11.5 Å². The number of para-hydroxylation sites is 1. The third kappa shape index (κ3) is 4.59. The van der Waals surface area contributed by atoms with Gasteiger partial charge in [-0.1, -0.05) is 48.5 Å². The number of pyridine rings is 1. The lowest BCUT2D eigenvalue weighted by molar-refractivity contribution is 0.288. The summed E-state index contributed by atoms with van der Waals surface area (Å²) in [6.07, 6.45) is 0. The summed E-state index contributed by atoms with van der Waals surface area (Å²) in [6.45, 7) is 1.37. The van der Waals surface area contributed by atoms with Gasteiger partial charge in [-0.15, -0.1) is 5.10 Å². The summed E-state index contributed by atoms with van der Waals surface area (Å²) in [4.78, 5) is 4.65. The predicted molar refractivity (Wildman–Crippen MR) is 120 cm³/mol. The number of aromatic nitrogens is 1. The summed E-state index contributed by atoms with van der Waals surface area (Å²) < 4.78 is 11.9. The van der Waals surface area contributed by atoms with Crippen LogP contribution in [0.25, 0.3) is 10.9 Å². The van der Waals surface area contributed by atoms with E-state index in [1.807, 2.05) is 66.7 Å². The van der Waals surface area contributed by atoms with E-state index in [-0.39, 0.29) is 0 Å². The fourth-order valence-corrected chi connectivity index (χ4v) is 3.37. The maximum absolute atomic E-state index is 5.98. The Kier molecular flexibility index (Phi) is 5.35. The summed E-state index contributed by atoms with van der Waals surface area (Å²) >= 11 is 0. The molecule has 0 saturated carbocycles. The zero-order chi connectivity index (χ0) is 20.9. The molecule has 0 fully saturated rings. The molecular weight excluding hydrogens is 388 g/mol. The number of nitrogens with zero attached hydrogens (tertiary/aromatic N) is 4. The van der Waals surface area contributed by atoms with E-state index in [4.69, 9.17) is 9.47 Å². The molecule has 0 bridgehead atoms. The average molecular weight is 408 g/mol. The highest BCUT2D eigenvalue weighted by Gasteiger charge is 2.08. The molecule has 0 spiro atoms. The monoisotopic (exact) mass is 408 g/mol. The van der Waals surface area contributed by atoms with Crippen molar-refractivity contribution < 1.29 is 9.47 Å². The van der Waals surface area contributed by atoms with Gasteiger partial charge in [-0.3, -0.25) is 0 Å². The van der Waals surface area contributed by atoms with Gasteiger partial charge in [-0.25, -0.2) is 4.98 Å². The summed E-state index contributed by atoms with van der Waals surface area (Å²) in [7, 11) is 0. The highest BCUT2D eigenvalue weighted by Crippen LogP contribution is 2.22. The Morgan fingerprint density at radius 3 is 2.45 bits per heavy atom. The molecule has 0 atom stereocenters. The Bertz CT molecular complexity index is 1280. The van der Waals surface area contributed by atoms with E-state index in [0.29, 0.717) is 19.8 Å². The van der Waals surface area contributed by atoms with Gasteiger partial charge in [0.1, 0.15) is 31.3 Å². The van der Waals surface area contributed by atoms with Gasteiger partial charge in [0, 0.05) is 17.0 Å². The first-order chi connectivity index (χ1) is 15.3. The fourth-order valence-electron chi connectivity index (χ4n) is 3.37. The molecule has 4 aromatic rings. The molecule has 1 aromatic heterocycles. The molecule has 6 nitrogen and oxygen atoms in total. The quantitative estimate of drug-likeness (QED) is 0.402. The topological polar surface area (TPSA) is 68.4 Å². The SMILES string of the molecule is c1cc(OCc2cccc(C3=NN=NC3)c2)cc(OCc2ccc3ccccc3n2)c1. The van der Waals surface area contributed by atoms with Crippen molar-refractivity contribution in [3.63, 3.8) is 0 Å². The Morgan fingerprint density at radius 2 is 1.58 bits per heavy atom. The Balaban J connectivity index is 1.21. The second kappa shape index (κ2) is 8.75. The molecule has 6 heteroatoms. The highest BCUT2D eigenvalue weighted by atomic mass is 16.5. The van der Waals surface area contributed by atoms with E-state index in [1.54, 1.807) is 0 Å². The van der Waals surface area contributed by atoms with Crippen molar-refractivity contribution >= 4 is 16.6 Å². The van der Waals surface area contributed by atoms with Crippen molar-refractivity contribution in [2.75, 3.05) is 6.54 Å². The fraction of sp³-hybridized carbons (Fsp3) is 0.120. The normalized spacial score (nSPS) is 12.7. The third-order valence-electron chi connectivity index (χ3n) is 4.96. The summed E-state index contributed by atoms with van der Waals surface area (Å²) in [6, 6.07) is 27.8. The van der Waals surface area contributed by atoms with Gasteiger partial charge in [0.05, 0.1) is 16.9 Å². The molecular formula is C25H20N4O2. The van der Waals surface area contributed by atoms with Crippen LogP contribution in [0.4, 0.5) is 0 Å². The Morgan fingerprint density at radius 1 is 0.742 bits per heavy atom. The van der Waals surface area contributed by atoms with Crippen molar-refractivity contribution in [1.82, 2.24) is 4.98 Å². The van der Waals surface area contributed by atoms with Crippen LogP contribution in [0, 0.1) is 0 Å². The smallest absolute Gasteiger partial charge is 0.130 e. The summed E-state index contributed by atoms with van der Waals surface area (Å²) in [5.41, 5.74) is 4.80. The van der Waals surface area contributed by atoms with Crippen LogP contribution in [0.15, 0.2) is 100 Å². The molecule has 0 radical (unpaired) electrons. The lowest BCUT2D eigenvalue weighted by Gasteiger charge is -2.10. The molecule has 31 heavy (non-hydrogen) atoms. The Labute approximate surface area is 179 Å². The molecule has 152 valence electrons. The van der Waals surface area contributed by atoms with Gasteiger partial charge >= 0.3 is 0 Å². The Hall–Kier alpha value is -4.06. The van der Waals surface area contributed by atoms with Crippen molar-refractivity contribution in [3.05, 3.63) is 102 Å². The molecule has 0 aliphatic carbocycles. The van der Waals surface area contributed by atoms with Crippen molar-refractivity contribution in [1.29, 1.82) is 0 Å². The first-order valence-electron chi connectivity index (χ1n) is 10.1. The van der Waals surface area contributed by atoms with E-state index in [2.05, 4.69) is 38.6 Å². The van der Waals surface area contributed by atoms with Crippen molar-refractivity contribution in [3.8, 4) is 11.5 Å². The zero-order valence-corrected chi connectivity index (χ0v) is 16.8. The van der Waals surface area contributed by atoms with E-state index < -0.39 is 0 Å². The molecule has 1 aliphatic heterocycles. The number of hydrogen-bond acceptors (Lipinski definition) is 6. The van der Waals surface area contributed by atoms with Crippen LogP contribution in [-0.2, 0) is 13.2 Å². The maximum atomic E-state index is 5.98. The molecule has 0 unspecified atom stereocenters. The first kappa shape index (κ1) is 18.9. The predicted octanol–water partition coefficient (Wildman–Crippen LogP) is 5.56. The van der Waals surface area contributed by atoms with Crippen LogP contribution in [0.3, 0.4) is 0 Å². The minimum absolute atomic E-state index is 0.397. The maximum Gasteiger partial charge on any atom is 0.130 e. The van der Waals surface area contributed by atoms with E-state index in [1.165, 1.54) is 0 Å². The van der Waals surface area contributed by atoms with Crippen molar-refractivity contribution in [2.45, 2.75) is 13.2 Å². The minimum Gasteiger partial charge on any atom is -0.489 e. The third-order valence-corrected chi connectivity index (χ3v) is 4.96. The summed E-state index contributed by atoms with van der Waals surface area (Å²) in [5, 5.41) is 12.8. The average Bonchev–Trinajstić information content (AvgIpc) is 3.37. The molecule has 0 N–H and O–H groups in total. The lowest BCUT2D eigenvalue weighted by atomic mass is 10.1. The molecule has 3 aromatic carbocycles. The second-order valence-electron chi connectivity index (χ2n) is 7.18. The number of rotatable bonds is 7. The molecule has 5 rings (SSSR count). The molecule has 1 aliphatic rings. The van der Waals surface area contributed by atoms with Gasteiger partial charge < -0.3 is 9.47 Å². The highest BCUT2D eigenvalue weighted by molar-refractivity contribution is 6.02. The number of fused-ring (bicyclic) bond motifs is 1. The van der Waals surface area contributed by atoms with Gasteiger partial charge in [-0.2, -0.15) is 5.11 Å². The number of ether oxygens (including phenoxy) is 2. The number of hydrogen-bond donors (Lipinski definition) is 0. The van der Waals surface area contributed by atoms with Gasteiger partial charge in [0.15, 0.2) is 0 Å². The first-order valence-corrected chi connectivity index (χ1v) is 10.1. The van der Waals surface area contributed by atoms with Crippen LogP contribution < -0.4 is 9.47 Å². The molecule has 0 amide bonds. The minimum atomic E-state index is 0.397. The van der Waals surface area contributed by atoms with Gasteiger partial charge in [0.25, 0.3) is 0 Å². The van der Waals surface area contributed by atoms with Gasteiger partial charge in [-0.05, 0) is 41.1 Å². The van der Waals surface area contributed by atoms with E-state index in [0.717, 1.165) is 44.9 Å². The van der Waals surface area contributed by atoms with E-state index in [9.17, 15) is 0 Å². The van der Waals surface area contributed by atoms with Crippen LogP contribution in [0.1, 0.15) is 16.8 Å². The standard InChI is InChI=1S/C25H20N4O2/c1-2-10-24-19(6-1)11-12-21(27-24)17-31-23-9-4-8-22(14-23)30-16-18-5-3-7-20(13-18)25-15-26-29-28-25/h1-14H,15-17H2.